The van der Waals surface area contributed by atoms with Gasteiger partial charge >= 0.3 is 6.18 Å². The number of benzene rings is 1. The first-order chi connectivity index (χ1) is 18.1. The van der Waals surface area contributed by atoms with Gasteiger partial charge in [0, 0.05) is 41.7 Å². The first kappa shape index (κ1) is 29.2. The Hall–Kier alpha value is -3.38. The number of alkyl halides is 3. The van der Waals surface area contributed by atoms with Crippen LogP contribution in [0.1, 0.15) is 26.7 Å². The van der Waals surface area contributed by atoms with Crippen LogP contribution in [0.2, 0.25) is 0 Å². The smallest absolute Gasteiger partial charge is 0.413 e. The molecule has 7 nitrogen and oxygen atoms in total. The van der Waals surface area contributed by atoms with Crippen LogP contribution in [-0.2, 0) is 15.1 Å². The van der Waals surface area contributed by atoms with E-state index in [1.165, 1.54) is 25.3 Å². The third-order valence-corrected chi connectivity index (χ3v) is 7.18. The highest BCUT2D eigenvalue weighted by Gasteiger charge is 2.41. The molecule has 1 amide bonds. The van der Waals surface area contributed by atoms with Crippen LogP contribution in [0, 0.1) is 5.92 Å². The fraction of sp³-hybridized carbons (Fsp3) is 0.346. The zero-order chi connectivity index (χ0) is 27.9. The molecule has 0 radical (unpaired) electrons. The normalized spacial score (nSPS) is 15.7. The van der Waals surface area contributed by atoms with E-state index in [0.29, 0.717) is 36.3 Å². The molecule has 0 fully saturated rings. The fourth-order valence-corrected chi connectivity index (χ4v) is 5.30. The maximum absolute atomic E-state index is 14.1. The number of methoxy groups -OCH3 is 1. The molecule has 1 heterocycles. The van der Waals surface area contributed by atoms with Crippen molar-refractivity contribution in [3.05, 3.63) is 65.2 Å². The van der Waals surface area contributed by atoms with Crippen molar-refractivity contribution in [1.29, 1.82) is 0 Å². The van der Waals surface area contributed by atoms with Crippen molar-refractivity contribution in [2.45, 2.75) is 32.9 Å². The van der Waals surface area contributed by atoms with Gasteiger partial charge in [0.2, 0.25) is 16.2 Å². The lowest BCUT2D eigenvalue weighted by molar-refractivity contribution is -0.114. The molecule has 0 bridgehead atoms. The molecule has 0 saturated heterocycles. The van der Waals surface area contributed by atoms with E-state index in [-0.39, 0.29) is 5.13 Å². The van der Waals surface area contributed by atoms with E-state index in [1.54, 1.807) is 29.6 Å². The van der Waals surface area contributed by atoms with E-state index in [4.69, 9.17) is 4.74 Å². The SMILES string of the molecule is CCCN(CCC)C1=CC(=S(=O)=O)C(/C(=C/C(=O)Nc2nc(-c3ccc(OC)cc3)cs2)C(F)(F)F)C=C1. The molecule has 1 atom stereocenters. The fourth-order valence-electron chi connectivity index (χ4n) is 3.94. The van der Waals surface area contributed by atoms with Crippen LogP contribution in [0.4, 0.5) is 18.3 Å². The van der Waals surface area contributed by atoms with E-state index in [2.05, 4.69) is 10.3 Å². The summed E-state index contributed by atoms with van der Waals surface area (Å²) < 4.78 is 71.3. The number of rotatable bonds is 10. The first-order valence-electron chi connectivity index (χ1n) is 11.9. The maximum Gasteiger partial charge on any atom is 0.413 e. The predicted molar refractivity (Wildman–Crippen MR) is 144 cm³/mol. The Morgan fingerprint density at radius 2 is 1.84 bits per heavy atom. The number of halogens is 3. The minimum Gasteiger partial charge on any atom is -0.497 e. The van der Waals surface area contributed by atoms with Gasteiger partial charge in [0.15, 0.2) is 5.13 Å². The highest BCUT2D eigenvalue weighted by Crippen LogP contribution is 2.36. The Morgan fingerprint density at radius 3 is 2.39 bits per heavy atom. The number of anilines is 1. The second kappa shape index (κ2) is 12.9. The van der Waals surface area contributed by atoms with Crippen molar-refractivity contribution in [3.8, 4) is 17.0 Å². The molecule has 1 aliphatic rings. The van der Waals surface area contributed by atoms with Crippen LogP contribution >= 0.6 is 11.3 Å². The number of carbonyl (C=O) groups is 1. The Balaban J connectivity index is 1.87. The molecule has 2 aromatic rings. The second-order valence-electron chi connectivity index (χ2n) is 8.38. The van der Waals surface area contributed by atoms with Crippen LogP contribution in [0.5, 0.6) is 5.75 Å². The first-order valence-corrected chi connectivity index (χ1v) is 13.8. The van der Waals surface area contributed by atoms with E-state index >= 15 is 0 Å². The molecule has 204 valence electrons. The zero-order valence-electron chi connectivity index (χ0n) is 21.1. The number of hydrogen-bond acceptors (Lipinski definition) is 7. The third kappa shape index (κ3) is 7.35. The van der Waals surface area contributed by atoms with Gasteiger partial charge in [-0.2, -0.15) is 21.6 Å². The summed E-state index contributed by atoms with van der Waals surface area (Å²) in [5.74, 6) is -2.07. The van der Waals surface area contributed by atoms with Gasteiger partial charge in [-0.25, -0.2) is 4.98 Å². The maximum atomic E-state index is 14.1. The highest BCUT2D eigenvalue weighted by molar-refractivity contribution is 7.73. The number of hydrogen-bond donors (Lipinski definition) is 1. The van der Waals surface area contributed by atoms with Gasteiger partial charge in [0.25, 0.3) is 0 Å². The number of ether oxygens (including phenoxy) is 1. The lowest BCUT2D eigenvalue weighted by Gasteiger charge is -2.29. The average Bonchev–Trinajstić information content (AvgIpc) is 3.34. The molecule has 0 spiro atoms. The van der Waals surface area contributed by atoms with E-state index in [0.717, 1.165) is 29.7 Å². The summed E-state index contributed by atoms with van der Waals surface area (Å²) in [6.45, 7) is 5.18. The number of thiazole rings is 1. The number of carbonyl (C=O) groups excluding carboxylic acids is 1. The van der Waals surface area contributed by atoms with Gasteiger partial charge in [-0.3, -0.25) is 10.1 Å². The van der Waals surface area contributed by atoms with Crippen molar-refractivity contribution in [2.75, 3.05) is 25.5 Å². The number of aromatic nitrogens is 1. The molecule has 1 aromatic heterocycles. The standard InChI is InChI=1S/C26H28F3N3O4S2/c1-4-12-32(13-5-2)18-8-11-20(23(14-18)38(34)35)21(26(27,28)29)15-24(33)31-25-30-22(16-37-25)17-6-9-19(36-3)10-7-17/h6-11,14-16,20H,4-5,12-13H2,1-3H3,(H,30,31,33)/b21-15-. The van der Waals surface area contributed by atoms with Gasteiger partial charge in [-0.15, -0.1) is 11.3 Å². The van der Waals surface area contributed by atoms with E-state index in [9.17, 15) is 26.4 Å². The third-order valence-electron chi connectivity index (χ3n) is 5.67. The average molecular weight is 568 g/mol. The molecule has 0 saturated carbocycles. The molecule has 0 aliphatic heterocycles. The number of amides is 1. The largest absolute Gasteiger partial charge is 0.497 e. The molecule has 38 heavy (non-hydrogen) atoms. The quantitative estimate of drug-likeness (QED) is 0.302. The van der Waals surface area contributed by atoms with Gasteiger partial charge in [-0.05, 0) is 49.3 Å². The number of nitrogens with zero attached hydrogens (tertiary/aromatic N) is 2. The van der Waals surface area contributed by atoms with Crippen molar-refractivity contribution < 1.29 is 31.1 Å². The summed E-state index contributed by atoms with van der Waals surface area (Å²) in [5.41, 5.74) is 0.498. The molecule has 1 unspecified atom stereocenters. The summed E-state index contributed by atoms with van der Waals surface area (Å²) in [5, 5.41) is 4.12. The molecule has 1 N–H and O–H groups in total. The van der Waals surface area contributed by atoms with Gasteiger partial charge < -0.3 is 9.64 Å². The highest BCUT2D eigenvalue weighted by atomic mass is 32.2. The van der Waals surface area contributed by atoms with E-state index in [1.807, 2.05) is 18.7 Å². The van der Waals surface area contributed by atoms with Crippen molar-refractivity contribution in [1.82, 2.24) is 9.88 Å². The van der Waals surface area contributed by atoms with Crippen LogP contribution in [0.3, 0.4) is 0 Å². The van der Waals surface area contributed by atoms with Crippen LogP contribution in [-0.4, -0.2) is 55.4 Å². The minimum atomic E-state index is -4.95. The Labute approximate surface area is 224 Å². The number of allylic oxidation sites excluding steroid dienone is 4. The minimum absolute atomic E-state index is 0.103. The molecule has 3 rings (SSSR count). The zero-order valence-corrected chi connectivity index (χ0v) is 22.7. The lowest BCUT2D eigenvalue weighted by Crippen LogP contribution is -2.31. The molecule has 1 aromatic carbocycles. The molecular formula is C26H28F3N3O4S2. The topological polar surface area (TPSA) is 88.6 Å². The summed E-state index contributed by atoms with van der Waals surface area (Å²) in [4.78, 5) is 18.4. The Morgan fingerprint density at radius 1 is 1.18 bits per heavy atom. The summed E-state index contributed by atoms with van der Waals surface area (Å²) in [6.07, 6.45) is 0.919. The summed E-state index contributed by atoms with van der Waals surface area (Å²) in [7, 11) is -1.40. The lowest BCUT2D eigenvalue weighted by atomic mass is 9.90. The molecule has 12 heteroatoms. The second-order valence-corrected chi connectivity index (χ2v) is 10.2. The van der Waals surface area contributed by atoms with Crippen LogP contribution in [0.15, 0.2) is 65.2 Å². The Bertz CT molecular complexity index is 1360. The number of nitrogens with one attached hydrogen (secondary N) is 1. The summed E-state index contributed by atoms with van der Waals surface area (Å²) >= 11 is 1.05. The Kier molecular flexibility index (Phi) is 9.92. The van der Waals surface area contributed by atoms with E-state index < -0.39 is 38.7 Å². The van der Waals surface area contributed by atoms with Crippen LogP contribution < -0.4 is 10.1 Å². The molecule has 1 aliphatic carbocycles. The van der Waals surface area contributed by atoms with Crippen molar-refractivity contribution in [2.24, 2.45) is 5.92 Å². The molecular weight excluding hydrogens is 539 g/mol. The van der Waals surface area contributed by atoms with Crippen molar-refractivity contribution in [3.63, 3.8) is 0 Å². The monoisotopic (exact) mass is 567 g/mol. The summed E-state index contributed by atoms with van der Waals surface area (Å²) in [6, 6.07) is 7.00. The van der Waals surface area contributed by atoms with Gasteiger partial charge in [-0.1, -0.05) is 19.9 Å². The van der Waals surface area contributed by atoms with Crippen LogP contribution in [0.25, 0.3) is 11.3 Å². The predicted octanol–water partition coefficient (Wildman–Crippen LogP) is 5.49. The van der Waals surface area contributed by atoms with Gasteiger partial charge in [0.05, 0.1) is 23.2 Å². The van der Waals surface area contributed by atoms with Gasteiger partial charge in [0.1, 0.15) is 5.75 Å². The van der Waals surface area contributed by atoms with Crippen molar-refractivity contribution >= 4 is 37.5 Å².